The molecule has 0 saturated carbocycles. The smallest absolute Gasteiger partial charge is 0.384 e. The van der Waals surface area contributed by atoms with Crippen molar-refractivity contribution in [3.05, 3.63) is 35.4 Å². The zero-order valence-electron chi connectivity index (χ0n) is 8.65. The molecule has 1 aromatic rings. The Morgan fingerprint density at radius 2 is 2.13 bits per heavy atom. The van der Waals surface area contributed by atoms with Crippen molar-refractivity contribution in [1.82, 2.24) is 0 Å². The molecule has 3 heteroatoms. The predicted octanol–water partition coefficient (Wildman–Crippen LogP) is 1.20. The number of aliphatic hydroxyl groups excluding tert-OH is 1. The van der Waals surface area contributed by atoms with E-state index in [1.54, 1.807) is 6.07 Å². The SMILES string of the molecule is COC(=O)C#C[C@@H](O)c1ccccc1C. The summed E-state index contributed by atoms with van der Waals surface area (Å²) < 4.78 is 4.34. The predicted molar refractivity (Wildman–Crippen MR) is 55.9 cm³/mol. The fraction of sp³-hybridized carbons (Fsp3) is 0.250. The van der Waals surface area contributed by atoms with E-state index >= 15 is 0 Å². The molecule has 0 heterocycles. The second-order valence-corrected chi connectivity index (χ2v) is 3.02. The minimum atomic E-state index is -0.953. The molecule has 0 radical (unpaired) electrons. The molecule has 1 N–H and O–H groups in total. The Morgan fingerprint density at radius 1 is 1.47 bits per heavy atom. The van der Waals surface area contributed by atoms with Gasteiger partial charge >= 0.3 is 5.97 Å². The number of aryl methyl sites for hydroxylation is 1. The van der Waals surface area contributed by atoms with Gasteiger partial charge in [-0.1, -0.05) is 30.2 Å². The summed E-state index contributed by atoms with van der Waals surface area (Å²) in [4.78, 5) is 10.7. The summed E-state index contributed by atoms with van der Waals surface area (Å²) in [5.41, 5.74) is 1.64. The fourth-order valence-corrected chi connectivity index (χ4v) is 1.15. The van der Waals surface area contributed by atoms with Gasteiger partial charge in [0.2, 0.25) is 0 Å². The molecule has 0 aliphatic carbocycles. The van der Waals surface area contributed by atoms with E-state index in [2.05, 4.69) is 16.6 Å². The standard InChI is InChI=1S/C12H12O3/c1-9-5-3-4-6-10(9)11(13)7-8-12(14)15-2/h3-6,11,13H,1-2H3/t11-/m1/s1. The van der Waals surface area contributed by atoms with Crippen LogP contribution in [0.4, 0.5) is 0 Å². The van der Waals surface area contributed by atoms with Gasteiger partial charge in [0.05, 0.1) is 7.11 Å². The summed E-state index contributed by atoms with van der Waals surface area (Å²) in [5.74, 6) is 3.97. The molecule has 0 unspecified atom stereocenters. The quantitative estimate of drug-likeness (QED) is 0.425. The minimum absolute atomic E-state index is 0.650. The first-order valence-electron chi connectivity index (χ1n) is 4.48. The largest absolute Gasteiger partial charge is 0.459 e. The Bertz CT molecular complexity index is 412. The van der Waals surface area contributed by atoms with Crippen molar-refractivity contribution in [3.63, 3.8) is 0 Å². The molecule has 0 amide bonds. The Balaban J connectivity index is 2.85. The number of carbonyl (C=O) groups excluding carboxylic acids is 1. The first-order valence-corrected chi connectivity index (χ1v) is 4.48. The monoisotopic (exact) mass is 204 g/mol. The molecule has 0 bridgehead atoms. The summed E-state index contributed by atoms with van der Waals surface area (Å²) in [6, 6.07) is 7.33. The fourth-order valence-electron chi connectivity index (χ4n) is 1.15. The van der Waals surface area contributed by atoms with Crippen LogP contribution in [-0.2, 0) is 9.53 Å². The number of methoxy groups -OCH3 is 1. The molecule has 0 saturated heterocycles. The van der Waals surface area contributed by atoms with E-state index in [0.29, 0.717) is 5.56 Å². The molecule has 0 aliphatic rings. The zero-order valence-corrected chi connectivity index (χ0v) is 8.65. The van der Waals surface area contributed by atoms with Crippen LogP contribution in [0.15, 0.2) is 24.3 Å². The van der Waals surface area contributed by atoms with Crippen molar-refractivity contribution in [2.45, 2.75) is 13.0 Å². The maximum Gasteiger partial charge on any atom is 0.384 e. The normalized spacial score (nSPS) is 11.1. The van der Waals surface area contributed by atoms with E-state index in [1.807, 2.05) is 25.1 Å². The van der Waals surface area contributed by atoms with Gasteiger partial charge in [0.15, 0.2) is 0 Å². The number of hydrogen-bond acceptors (Lipinski definition) is 3. The third kappa shape index (κ3) is 3.12. The second kappa shape index (κ2) is 5.18. The van der Waals surface area contributed by atoms with Gasteiger partial charge in [-0.05, 0) is 18.1 Å². The number of carbonyl (C=O) groups is 1. The van der Waals surface area contributed by atoms with Crippen molar-refractivity contribution in [2.75, 3.05) is 7.11 Å². The van der Waals surface area contributed by atoms with E-state index < -0.39 is 12.1 Å². The Kier molecular flexibility index (Phi) is 3.90. The number of ether oxygens (including phenoxy) is 1. The molecule has 3 nitrogen and oxygen atoms in total. The van der Waals surface area contributed by atoms with Crippen molar-refractivity contribution in [2.24, 2.45) is 0 Å². The Morgan fingerprint density at radius 3 is 2.73 bits per heavy atom. The molecule has 15 heavy (non-hydrogen) atoms. The van der Waals surface area contributed by atoms with Crippen LogP contribution in [0.3, 0.4) is 0 Å². The lowest BCUT2D eigenvalue weighted by Crippen LogP contribution is -1.99. The highest BCUT2D eigenvalue weighted by Gasteiger charge is 2.06. The molecule has 78 valence electrons. The van der Waals surface area contributed by atoms with Gasteiger partial charge in [0.25, 0.3) is 0 Å². The molecular weight excluding hydrogens is 192 g/mol. The molecule has 1 aromatic carbocycles. The van der Waals surface area contributed by atoms with Gasteiger partial charge < -0.3 is 9.84 Å². The molecular formula is C12H12O3. The number of aliphatic hydroxyl groups is 1. The highest BCUT2D eigenvalue weighted by atomic mass is 16.5. The summed E-state index contributed by atoms with van der Waals surface area (Å²) >= 11 is 0. The summed E-state index contributed by atoms with van der Waals surface area (Å²) in [5, 5.41) is 9.66. The van der Waals surface area contributed by atoms with Crippen LogP contribution >= 0.6 is 0 Å². The molecule has 0 spiro atoms. The van der Waals surface area contributed by atoms with E-state index in [-0.39, 0.29) is 0 Å². The number of benzene rings is 1. The van der Waals surface area contributed by atoms with Crippen molar-refractivity contribution >= 4 is 5.97 Å². The lowest BCUT2D eigenvalue weighted by atomic mass is 10.0. The van der Waals surface area contributed by atoms with Crippen LogP contribution in [0, 0.1) is 18.8 Å². The van der Waals surface area contributed by atoms with Crippen molar-refractivity contribution in [1.29, 1.82) is 0 Å². The minimum Gasteiger partial charge on any atom is -0.459 e. The van der Waals surface area contributed by atoms with Crippen LogP contribution in [-0.4, -0.2) is 18.2 Å². The van der Waals surface area contributed by atoms with E-state index in [4.69, 9.17) is 0 Å². The lowest BCUT2D eigenvalue weighted by molar-refractivity contribution is -0.133. The number of rotatable bonds is 1. The van der Waals surface area contributed by atoms with Gasteiger partial charge in [0.1, 0.15) is 6.10 Å². The van der Waals surface area contributed by atoms with Crippen LogP contribution < -0.4 is 0 Å². The third-order valence-corrected chi connectivity index (χ3v) is 1.98. The highest BCUT2D eigenvalue weighted by molar-refractivity contribution is 5.88. The maximum atomic E-state index is 10.7. The molecule has 1 rings (SSSR count). The Labute approximate surface area is 88.7 Å². The molecule has 1 atom stereocenters. The first kappa shape index (κ1) is 11.3. The molecule has 0 fully saturated rings. The Hall–Kier alpha value is -1.79. The summed E-state index contributed by atoms with van der Waals surface area (Å²) in [6.45, 7) is 1.87. The van der Waals surface area contributed by atoms with Gasteiger partial charge in [-0.3, -0.25) is 0 Å². The summed E-state index contributed by atoms with van der Waals surface area (Å²) in [7, 11) is 1.25. The van der Waals surface area contributed by atoms with Gasteiger partial charge in [-0.2, -0.15) is 0 Å². The van der Waals surface area contributed by atoms with Crippen LogP contribution in [0.1, 0.15) is 17.2 Å². The van der Waals surface area contributed by atoms with Crippen LogP contribution in [0.2, 0.25) is 0 Å². The van der Waals surface area contributed by atoms with Gasteiger partial charge in [-0.15, -0.1) is 0 Å². The van der Waals surface area contributed by atoms with Crippen LogP contribution in [0.5, 0.6) is 0 Å². The molecule has 0 aromatic heterocycles. The maximum absolute atomic E-state index is 10.7. The van der Waals surface area contributed by atoms with Gasteiger partial charge in [-0.25, -0.2) is 4.79 Å². The second-order valence-electron chi connectivity index (χ2n) is 3.02. The molecule has 0 aliphatic heterocycles. The van der Waals surface area contributed by atoms with E-state index in [1.165, 1.54) is 7.11 Å². The highest BCUT2D eigenvalue weighted by Crippen LogP contribution is 2.15. The van der Waals surface area contributed by atoms with Crippen LogP contribution in [0.25, 0.3) is 0 Å². The van der Waals surface area contributed by atoms with Crippen molar-refractivity contribution in [3.8, 4) is 11.8 Å². The average molecular weight is 204 g/mol. The topological polar surface area (TPSA) is 46.5 Å². The average Bonchev–Trinajstić information content (AvgIpc) is 2.26. The van der Waals surface area contributed by atoms with E-state index in [9.17, 15) is 9.90 Å². The number of esters is 1. The number of hydrogen-bond donors (Lipinski definition) is 1. The third-order valence-electron chi connectivity index (χ3n) is 1.98. The summed E-state index contributed by atoms with van der Waals surface area (Å²) in [6.07, 6.45) is -0.953. The van der Waals surface area contributed by atoms with Gasteiger partial charge in [0, 0.05) is 5.92 Å². The zero-order chi connectivity index (χ0) is 11.3. The first-order chi connectivity index (χ1) is 7.15. The van der Waals surface area contributed by atoms with E-state index in [0.717, 1.165) is 5.56 Å². The van der Waals surface area contributed by atoms with Crippen molar-refractivity contribution < 1.29 is 14.6 Å². The lowest BCUT2D eigenvalue weighted by Gasteiger charge is -2.06.